The van der Waals surface area contributed by atoms with E-state index in [9.17, 15) is 12.8 Å². The topological polar surface area (TPSA) is 50.3 Å². The number of hydrogen-bond donors (Lipinski definition) is 0. The van der Waals surface area contributed by atoms with Gasteiger partial charge in [0.05, 0.1) is 10.4 Å². The van der Waals surface area contributed by atoms with Crippen LogP contribution in [-0.4, -0.2) is 24.8 Å². The fraction of sp³-hybridized carbons (Fsp3) is 0.167. The molecule has 4 nitrogen and oxygen atoms in total. The first-order chi connectivity index (χ1) is 11.4. The van der Waals surface area contributed by atoms with Gasteiger partial charge in [-0.25, -0.2) is 12.8 Å². The molecule has 124 valence electrons. The highest BCUT2D eigenvalue weighted by Gasteiger charge is 2.22. The first-order valence-electron chi connectivity index (χ1n) is 7.44. The SMILES string of the molecule is Cc1ccc(S(=O)(=O)N(C)Cc2cc(F)cc3cccnc23)cc1. The second-order valence-corrected chi connectivity index (χ2v) is 7.76. The Morgan fingerprint density at radius 1 is 1.12 bits per heavy atom. The average Bonchev–Trinajstić information content (AvgIpc) is 2.55. The summed E-state index contributed by atoms with van der Waals surface area (Å²) in [4.78, 5) is 4.47. The first-order valence-corrected chi connectivity index (χ1v) is 8.88. The maximum absolute atomic E-state index is 13.8. The van der Waals surface area contributed by atoms with Crippen LogP contribution >= 0.6 is 0 Å². The summed E-state index contributed by atoms with van der Waals surface area (Å²) >= 11 is 0. The van der Waals surface area contributed by atoms with Gasteiger partial charge < -0.3 is 0 Å². The Morgan fingerprint density at radius 2 is 1.83 bits per heavy atom. The van der Waals surface area contributed by atoms with Crippen LogP contribution in [0.15, 0.2) is 59.6 Å². The molecule has 0 N–H and O–H groups in total. The van der Waals surface area contributed by atoms with Crippen LogP contribution in [0.3, 0.4) is 0 Å². The second-order valence-electron chi connectivity index (χ2n) is 5.71. The zero-order valence-electron chi connectivity index (χ0n) is 13.4. The Labute approximate surface area is 140 Å². The standard InChI is InChI=1S/C18H17FN2O2S/c1-13-5-7-17(8-6-13)24(22,23)21(2)12-15-11-16(19)10-14-4-3-9-20-18(14)15/h3-11H,12H2,1-2H3. The molecule has 1 heterocycles. The number of hydrogen-bond acceptors (Lipinski definition) is 3. The normalized spacial score (nSPS) is 12.0. The molecule has 0 radical (unpaired) electrons. The highest BCUT2D eigenvalue weighted by Crippen LogP contribution is 2.22. The van der Waals surface area contributed by atoms with Crippen molar-refractivity contribution in [3.05, 3.63) is 71.7 Å². The second kappa shape index (κ2) is 6.30. The molecule has 0 atom stereocenters. The minimum Gasteiger partial charge on any atom is -0.256 e. The van der Waals surface area contributed by atoms with Crippen molar-refractivity contribution in [1.82, 2.24) is 9.29 Å². The molecule has 0 aliphatic heterocycles. The molecule has 0 unspecified atom stereocenters. The van der Waals surface area contributed by atoms with Gasteiger partial charge in [-0.05, 0) is 42.8 Å². The zero-order chi connectivity index (χ0) is 17.3. The predicted octanol–water partition coefficient (Wildman–Crippen LogP) is 3.50. The van der Waals surface area contributed by atoms with E-state index in [1.807, 2.05) is 6.92 Å². The number of sulfonamides is 1. The summed E-state index contributed by atoms with van der Waals surface area (Å²) in [5.41, 5.74) is 2.12. The van der Waals surface area contributed by atoms with E-state index in [1.165, 1.54) is 23.5 Å². The third-order valence-electron chi connectivity index (χ3n) is 3.87. The van der Waals surface area contributed by atoms with Crippen LogP contribution in [0.4, 0.5) is 4.39 Å². The molecule has 6 heteroatoms. The van der Waals surface area contributed by atoms with Gasteiger partial charge in [-0.3, -0.25) is 4.98 Å². The van der Waals surface area contributed by atoms with E-state index in [0.29, 0.717) is 16.5 Å². The molecule has 3 aromatic rings. The lowest BCUT2D eigenvalue weighted by Crippen LogP contribution is -2.26. The lowest BCUT2D eigenvalue weighted by molar-refractivity contribution is 0.466. The molecular weight excluding hydrogens is 327 g/mol. The van der Waals surface area contributed by atoms with Crippen molar-refractivity contribution in [1.29, 1.82) is 0 Å². The number of aromatic nitrogens is 1. The van der Waals surface area contributed by atoms with Gasteiger partial charge in [0.2, 0.25) is 10.0 Å². The van der Waals surface area contributed by atoms with Crippen molar-refractivity contribution in [2.75, 3.05) is 7.05 Å². The smallest absolute Gasteiger partial charge is 0.243 e. The minimum atomic E-state index is -3.65. The Balaban J connectivity index is 1.97. The van der Waals surface area contributed by atoms with Crippen molar-refractivity contribution in [3.8, 4) is 0 Å². The summed E-state index contributed by atoms with van der Waals surface area (Å²) in [5, 5.41) is 0.647. The Hall–Kier alpha value is -2.31. The van der Waals surface area contributed by atoms with Crippen LogP contribution < -0.4 is 0 Å². The monoisotopic (exact) mass is 344 g/mol. The highest BCUT2D eigenvalue weighted by atomic mass is 32.2. The van der Waals surface area contributed by atoms with E-state index in [4.69, 9.17) is 0 Å². The number of pyridine rings is 1. The average molecular weight is 344 g/mol. The molecule has 0 fully saturated rings. The van der Waals surface area contributed by atoms with Gasteiger partial charge in [-0.15, -0.1) is 0 Å². The molecule has 0 bridgehead atoms. The van der Waals surface area contributed by atoms with Gasteiger partial charge in [0.1, 0.15) is 5.82 Å². The van der Waals surface area contributed by atoms with Gasteiger partial charge >= 0.3 is 0 Å². The van der Waals surface area contributed by atoms with Crippen LogP contribution in [-0.2, 0) is 16.6 Å². The molecular formula is C18H17FN2O2S. The van der Waals surface area contributed by atoms with E-state index in [0.717, 1.165) is 5.56 Å². The summed E-state index contributed by atoms with van der Waals surface area (Å²) in [7, 11) is -2.17. The molecule has 0 saturated heterocycles. The summed E-state index contributed by atoms with van der Waals surface area (Å²) in [6, 6.07) is 12.8. The van der Waals surface area contributed by atoms with E-state index < -0.39 is 15.8 Å². The van der Waals surface area contributed by atoms with E-state index in [1.54, 1.807) is 42.6 Å². The van der Waals surface area contributed by atoms with Crippen molar-refractivity contribution >= 4 is 20.9 Å². The molecule has 2 aromatic carbocycles. The van der Waals surface area contributed by atoms with Crippen molar-refractivity contribution in [2.24, 2.45) is 0 Å². The minimum absolute atomic E-state index is 0.0431. The van der Waals surface area contributed by atoms with E-state index in [2.05, 4.69) is 4.98 Å². The lowest BCUT2D eigenvalue weighted by Gasteiger charge is -2.18. The Kier molecular flexibility index (Phi) is 4.34. The van der Waals surface area contributed by atoms with Crippen LogP contribution in [0, 0.1) is 12.7 Å². The van der Waals surface area contributed by atoms with Gasteiger partial charge in [0.25, 0.3) is 0 Å². The molecule has 24 heavy (non-hydrogen) atoms. The summed E-state index contributed by atoms with van der Waals surface area (Å²) < 4.78 is 40.4. The Bertz CT molecular complexity index is 986. The molecule has 1 aromatic heterocycles. The number of aryl methyl sites for hydroxylation is 1. The van der Waals surface area contributed by atoms with Crippen LogP contribution in [0.25, 0.3) is 10.9 Å². The number of halogens is 1. The molecule has 0 aliphatic carbocycles. The molecule has 0 saturated carbocycles. The van der Waals surface area contributed by atoms with Gasteiger partial charge in [0, 0.05) is 25.2 Å². The van der Waals surface area contributed by atoms with Crippen molar-refractivity contribution in [2.45, 2.75) is 18.4 Å². The quantitative estimate of drug-likeness (QED) is 0.728. The van der Waals surface area contributed by atoms with Gasteiger partial charge in [-0.1, -0.05) is 23.8 Å². The van der Waals surface area contributed by atoms with Crippen molar-refractivity contribution < 1.29 is 12.8 Å². The summed E-state index contributed by atoms with van der Waals surface area (Å²) in [5.74, 6) is -0.411. The summed E-state index contributed by atoms with van der Waals surface area (Å²) in [6.45, 7) is 1.94. The van der Waals surface area contributed by atoms with Crippen molar-refractivity contribution in [3.63, 3.8) is 0 Å². The maximum atomic E-state index is 13.8. The molecule has 0 spiro atoms. The fourth-order valence-electron chi connectivity index (χ4n) is 2.56. The third kappa shape index (κ3) is 3.16. The highest BCUT2D eigenvalue weighted by molar-refractivity contribution is 7.89. The maximum Gasteiger partial charge on any atom is 0.243 e. The third-order valence-corrected chi connectivity index (χ3v) is 5.69. The number of nitrogens with zero attached hydrogens (tertiary/aromatic N) is 2. The zero-order valence-corrected chi connectivity index (χ0v) is 14.2. The van der Waals surface area contributed by atoms with E-state index >= 15 is 0 Å². The van der Waals surface area contributed by atoms with Crippen LogP contribution in [0.5, 0.6) is 0 Å². The Morgan fingerprint density at radius 3 is 2.54 bits per heavy atom. The van der Waals surface area contributed by atoms with E-state index in [-0.39, 0.29) is 11.4 Å². The van der Waals surface area contributed by atoms with Crippen LogP contribution in [0.2, 0.25) is 0 Å². The van der Waals surface area contributed by atoms with Gasteiger partial charge in [-0.2, -0.15) is 4.31 Å². The molecule has 3 rings (SSSR count). The lowest BCUT2D eigenvalue weighted by atomic mass is 10.1. The van der Waals surface area contributed by atoms with Crippen LogP contribution in [0.1, 0.15) is 11.1 Å². The fourth-order valence-corrected chi connectivity index (χ4v) is 3.71. The number of benzene rings is 2. The first kappa shape index (κ1) is 16.5. The van der Waals surface area contributed by atoms with Gasteiger partial charge in [0.15, 0.2) is 0 Å². The summed E-state index contributed by atoms with van der Waals surface area (Å²) in [6.07, 6.45) is 1.61. The predicted molar refractivity (Wildman–Crippen MR) is 91.5 cm³/mol. The molecule has 0 amide bonds. The molecule has 0 aliphatic rings. The largest absolute Gasteiger partial charge is 0.256 e. The number of fused-ring (bicyclic) bond motifs is 1. The number of rotatable bonds is 4.